The van der Waals surface area contributed by atoms with Gasteiger partial charge in [0.1, 0.15) is 0 Å². The van der Waals surface area contributed by atoms with E-state index in [2.05, 4.69) is 14.9 Å². The van der Waals surface area contributed by atoms with Gasteiger partial charge in [0.15, 0.2) is 0 Å². The highest BCUT2D eigenvalue weighted by Crippen LogP contribution is 2.30. The lowest BCUT2D eigenvalue weighted by Gasteiger charge is -2.31. The number of aromatic nitrogens is 2. The maximum absolute atomic E-state index is 12.9. The molecule has 0 radical (unpaired) electrons. The summed E-state index contributed by atoms with van der Waals surface area (Å²) in [4.78, 5) is 36.9. The normalized spacial score (nSPS) is 15.1. The number of piperazine rings is 1. The molecular formula is C21H23N5O2. The second-order valence-corrected chi connectivity index (χ2v) is 7.28. The summed E-state index contributed by atoms with van der Waals surface area (Å²) in [7, 11) is 2.01. The van der Waals surface area contributed by atoms with Gasteiger partial charge in [0.25, 0.3) is 11.7 Å². The van der Waals surface area contributed by atoms with E-state index in [4.69, 9.17) is 5.73 Å². The number of H-pyrrole nitrogens is 1. The molecule has 1 saturated heterocycles. The Morgan fingerprint density at radius 3 is 2.61 bits per heavy atom. The number of carbonyl (C=O) groups is 2. The van der Waals surface area contributed by atoms with Gasteiger partial charge in [-0.2, -0.15) is 0 Å². The van der Waals surface area contributed by atoms with Crippen LogP contribution in [0.15, 0.2) is 36.7 Å². The van der Waals surface area contributed by atoms with Gasteiger partial charge in [0.05, 0.1) is 16.8 Å². The average molecular weight is 377 g/mol. The topological polar surface area (TPSA) is 95.3 Å². The molecule has 7 heteroatoms. The number of anilines is 1. The largest absolute Gasteiger partial charge is 0.398 e. The molecule has 0 saturated carbocycles. The van der Waals surface area contributed by atoms with Crippen LogP contribution in [0.4, 0.5) is 5.69 Å². The Morgan fingerprint density at radius 1 is 1.14 bits per heavy atom. The number of benzene rings is 1. The molecule has 3 aromatic rings. The minimum Gasteiger partial charge on any atom is -0.398 e. The van der Waals surface area contributed by atoms with Crippen molar-refractivity contribution in [3.05, 3.63) is 47.8 Å². The van der Waals surface area contributed by atoms with Crippen molar-refractivity contribution in [1.29, 1.82) is 0 Å². The number of hydrogen-bond acceptors (Lipinski definition) is 5. The van der Waals surface area contributed by atoms with Crippen LogP contribution < -0.4 is 5.73 Å². The Hall–Kier alpha value is -3.19. The number of ketones is 1. The van der Waals surface area contributed by atoms with E-state index in [9.17, 15) is 9.59 Å². The lowest BCUT2D eigenvalue weighted by atomic mass is 10.0. The maximum Gasteiger partial charge on any atom is 0.295 e. The Bertz CT molecular complexity index is 1060. The zero-order valence-corrected chi connectivity index (χ0v) is 16.0. The monoisotopic (exact) mass is 377 g/mol. The summed E-state index contributed by atoms with van der Waals surface area (Å²) in [6.07, 6.45) is 3.25. The fourth-order valence-electron chi connectivity index (χ4n) is 3.52. The van der Waals surface area contributed by atoms with Crippen LogP contribution >= 0.6 is 0 Å². The molecule has 0 unspecified atom stereocenters. The molecule has 0 spiro atoms. The number of aromatic amines is 1. The van der Waals surface area contributed by atoms with Crippen LogP contribution in [0.3, 0.4) is 0 Å². The number of Topliss-reactive ketones (excluding diaryl/α,β-unsaturated/α-hetero) is 1. The van der Waals surface area contributed by atoms with Crippen molar-refractivity contribution < 1.29 is 9.59 Å². The summed E-state index contributed by atoms with van der Waals surface area (Å²) in [5.74, 6) is -0.941. The minimum atomic E-state index is -0.489. The highest BCUT2D eigenvalue weighted by Gasteiger charge is 2.28. The number of nitrogens with two attached hydrogens (primary N) is 1. The molecule has 3 N–H and O–H groups in total. The first-order valence-corrected chi connectivity index (χ1v) is 9.30. The molecule has 144 valence electrons. The molecule has 2 aromatic heterocycles. The first kappa shape index (κ1) is 18.2. The molecule has 0 bridgehead atoms. The van der Waals surface area contributed by atoms with Crippen molar-refractivity contribution in [2.75, 3.05) is 39.0 Å². The molecule has 4 rings (SSSR count). The summed E-state index contributed by atoms with van der Waals surface area (Å²) in [6.45, 7) is 4.63. The van der Waals surface area contributed by atoms with Crippen LogP contribution in [-0.2, 0) is 4.79 Å². The predicted octanol–water partition coefficient (Wildman–Crippen LogP) is 2.08. The summed E-state index contributed by atoms with van der Waals surface area (Å²) >= 11 is 0. The molecule has 7 nitrogen and oxygen atoms in total. The van der Waals surface area contributed by atoms with E-state index in [-0.39, 0.29) is 0 Å². The van der Waals surface area contributed by atoms with Crippen LogP contribution in [0.5, 0.6) is 0 Å². The molecular weight excluding hydrogens is 354 g/mol. The number of fused-ring (bicyclic) bond motifs is 1. The average Bonchev–Trinajstić information content (AvgIpc) is 3.14. The molecule has 1 fully saturated rings. The van der Waals surface area contributed by atoms with Gasteiger partial charge in [0.2, 0.25) is 0 Å². The number of rotatable bonds is 3. The first-order valence-electron chi connectivity index (χ1n) is 9.30. The third kappa shape index (κ3) is 3.14. The number of nitrogens with zero attached hydrogens (tertiary/aromatic N) is 3. The maximum atomic E-state index is 12.9. The van der Waals surface area contributed by atoms with E-state index < -0.39 is 11.7 Å². The lowest BCUT2D eigenvalue weighted by molar-refractivity contribution is -0.127. The van der Waals surface area contributed by atoms with Crippen LogP contribution in [0.25, 0.3) is 22.2 Å². The second kappa shape index (κ2) is 7.09. The van der Waals surface area contributed by atoms with Crippen molar-refractivity contribution in [3.63, 3.8) is 0 Å². The second-order valence-electron chi connectivity index (χ2n) is 7.28. The quantitative estimate of drug-likeness (QED) is 0.414. The Kier molecular flexibility index (Phi) is 4.60. The van der Waals surface area contributed by atoms with Gasteiger partial charge in [-0.05, 0) is 31.7 Å². The van der Waals surface area contributed by atoms with E-state index in [0.29, 0.717) is 35.4 Å². The number of carbonyl (C=O) groups excluding carboxylic acids is 2. The smallest absolute Gasteiger partial charge is 0.295 e. The highest BCUT2D eigenvalue weighted by molar-refractivity contribution is 6.45. The van der Waals surface area contributed by atoms with Gasteiger partial charge in [0, 0.05) is 55.2 Å². The fraction of sp³-hybridized carbons (Fsp3) is 0.286. The van der Waals surface area contributed by atoms with Gasteiger partial charge >= 0.3 is 0 Å². The zero-order valence-electron chi connectivity index (χ0n) is 16.0. The summed E-state index contributed by atoms with van der Waals surface area (Å²) < 4.78 is 0. The van der Waals surface area contributed by atoms with E-state index in [0.717, 1.165) is 29.7 Å². The molecule has 1 aromatic carbocycles. The summed E-state index contributed by atoms with van der Waals surface area (Å²) in [6, 6.07) is 7.52. The standard InChI is InChI=1S/C21H23N5O2/c1-13-3-4-14(11-17(13)22)18-19-15(5-6-23-18)16(12-24-19)20(27)21(28)26-9-7-25(2)8-10-26/h3-6,11-12,24H,7-10,22H2,1-2H3. The third-order valence-electron chi connectivity index (χ3n) is 5.38. The van der Waals surface area contributed by atoms with Gasteiger partial charge in [-0.3, -0.25) is 14.6 Å². The van der Waals surface area contributed by atoms with E-state index in [1.165, 1.54) is 0 Å². The number of amides is 1. The van der Waals surface area contributed by atoms with Crippen LogP contribution in [0.2, 0.25) is 0 Å². The van der Waals surface area contributed by atoms with Crippen molar-refractivity contribution in [2.24, 2.45) is 0 Å². The molecule has 3 heterocycles. The third-order valence-corrected chi connectivity index (χ3v) is 5.38. The number of hydrogen-bond donors (Lipinski definition) is 2. The fourth-order valence-corrected chi connectivity index (χ4v) is 3.52. The molecule has 0 atom stereocenters. The Morgan fingerprint density at radius 2 is 1.89 bits per heavy atom. The van der Waals surface area contributed by atoms with E-state index in [1.807, 2.05) is 32.2 Å². The number of pyridine rings is 1. The van der Waals surface area contributed by atoms with Crippen molar-refractivity contribution in [1.82, 2.24) is 19.8 Å². The molecule has 28 heavy (non-hydrogen) atoms. The minimum absolute atomic E-state index is 0.377. The van der Waals surface area contributed by atoms with Crippen LogP contribution in [-0.4, -0.2) is 64.7 Å². The lowest BCUT2D eigenvalue weighted by Crippen LogP contribution is -2.49. The molecule has 1 aliphatic rings. The summed E-state index contributed by atoms with van der Waals surface area (Å²) in [5, 5.41) is 0.691. The van der Waals surface area contributed by atoms with Crippen molar-refractivity contribution in [2.45, 2.75) is 6.92 Å². The Balaban J connectivity index is 1.69. The van der Waals surface area contributed by atoms with Crippen LogP contribution in [0, 0.1) is 6.92 Å². The first-order chi connectivity index (χ1) is 13.5. The number of nitrogen functional groups attached to an aromatic ring is 1. The van der Waals surface area contributed by atoms with Crippen molar-refractivity contribution in [3.8, 4) is 11.3 Å². The number of likely N-dealkylation sites (N-methyl/N-ethyl adjacent to an activating group) is 1. The van der Waals surface area contributed by atoms with Gasteiger partial charge < -0.3 is 20.5 Å². The predicted molar refractivity (Wildman–Crippen MR) is 109 cm³/mol. The number of nitrogens with one attached hydrogen (secondary N) is 1. The van der Waals surface area contributed by atoms with Gasteiger partial charge in [-0.25, -0.2) is 0 Å². The number of aryl methyl sites for hydroxylation is 1. The van der Waals surface area contributed by atoms with E-state index >= 15 is 0 Å². The van der Waals surface area contributed by atoms with Gasteiger partial charge in [-0.1, -0.05) is 12.1 Å². The van der Waals surface area contributed by atoms with Crippen molar-refractivity contribution >= 4 is 28.3 Å². The molecule has 1 aliphatic heterocycles. The summed E-state index contributed by atoms with van der Waals surface area (Å²) in [5.41, 5.74) is 10.4. The van der Waals surface area contributed by atoms with Gasteiger partial charge in [-0.15, -0.1) is 0 Å². The SMILES string of the molecule is Cc1ccc(-c2nccc3c(C(=O)C(=O)N4CCN(C)CC4)c[nH]c23)cc1N. The Labute approximate surface area is 163 Å². The highest BCUT2D eigenvalue weighted by atomic mass is 16.2. The molecule has 1 amide bonds. The zero-order chi connectivity index (χ0) is 19.8. The molecule has 0 aliphatic carbocycles. The van der Waals surface area contributed by atoms with E-state index in [1.54, 1.807) is 23.4 Å². The van der Waals surface area contributed by atoms with Crippen LogP contribution in [0.1, 0.15) is 15.9 Å².